The first-order chi connectivity index (χ1) is 17.2. The number of ether oxygens (including phenoxy) is 2. The zero-order valence-electron chi connectivity index (χ0n) is 19.9. The van der Waals surface area contributed by atoms with Crippen molar-refractivity contribution < 1.29 is 19.4 Å². The van der Waals surface area contributed by atoms with E-state index in [2.05, 4.69) is 22.3 Å². The fourth-order valence-corrected chi connectivity index (χ4v) is 4.92. The molecule has 0 saturated carbocycles. The zero-order chi connectivity index (χ0) is 24.0. The number of aliphatic hydroxyl groups is 1. The lowest BCUT2D eigenvalue weighted by Crippen LogP contribution is -2.33. The average Bonchev–Trinajstić information content (AvgIpc) is 3.42. The molecule has 2 N–H and O–H groups in total. The SMILES string of the molecule is O=C(C[C@H](CN1CCCC1)[C@H](O)c1ccc2c(c1)OCCO2)Nc1ccc(-c2ccccc2)cc1. The Morgan fingerprint density at radius 3 is 2.31 bits per heavy atom. The molecule has 0 unspecified atom stereocenters. The molecule has 0 aliphatic carbocycles. The van der Waals surface area contributed by atoms with Crippen LogP contribution in [-0.4, -0.2) is 48.8 Å². The second-order valence-corrected chi connectivity index (χ2v) is 9.31. The van der Waals surface area contributed by atoms with Gasteiger partial charge in [0.25, 0.3) is 0 Å². The van der Waals surface area contributed by atoms with Crippen LogP contribution in [0.15, 0.2) is 72.8 Å². The lowest BCUT2D eigenvalue weighted by atomic mass is 9.91. The van der Waals surface area contributed by atoms with Crippen molar-refractivity contribution in [2.24, 2.45) is 5.92 Å². The fourth-order valence-electron chi connectivity index (χ4n) is 4.92. The van der Waals surface area contributed by atoms with Crippen LogP contribution in [0.4, 0.5) is 5.69 Å². The van der Waals surface area contributed by atoms with Gasteiger partial charge in [-0.2, -0.15) is 0 Å². The number of carbonyl (C=O) groups excluding carboxylic acids is 1. The number of amides is 1. The van der Waals surface area contributed by atoms with Gasteiger partial charge >= 0.3 is 0 Å². The van der Waals surface area contributed by atoms with E-state index in [1.165, 1.54) is 0 Å². The van der Waals surface area contributed by atoms with Crippen LogP contribution in [0.2, 0.25) is 0 Å². The molecule has 2 heterocycles. The van der Waals surface area contributed by atoms with Crippen LogP contribution in [0, 0.1) is 5.92 Å². The maximum Gasteiger partial charge on any atom is 0.224 e. The summed E-state index contributed by atoms with van der Waals surface area (Å²) >= 11 is 0. The second-order valence-electron chi connectivity index (χ2n) is 9.31. The summed E-state index contributed by atoms with van der Waals surface area (Å²) < 4.78 is 11.3. The topological polar surface area (TPSA) is 71.0 Å². The highest BCUT2D eigenvalue weighted by Crippen LogP contribution is 2.36. The van der Waals surface area contributed by atoms with E-state index in [-0.39, 0.29) is 18.2 Å². The van der Waals surface area contributed by atoms with Gasteiger partial charge in [-0.1, -0.05) is 48.5 Å². The molecule has 3 aromatic carbocycles. The molecule has 35 heavy (non-hydrogen) atoms. The Kier molecular flexibility index (Phi) is 7.31. The monoisotopic (exact) mass is 472 g/mol. The van der Waals surface area contributed by atoms with Gasteiger partial charge in [-0.05, 0) is 66.9 Å². The largest absolute Gasteiger partial charge is 0.486 e. The lowest BCUT2D eigenvalue weighted by molar-refractivity contribution is -0.118. The Balaban J connectivity index is 1.27. The van der Waals surface area contributed by atoms with E-state index in [1.54, 1.807) is 0 Å². The van der Waals surface area contributed by atoms with E-state index in [0.717, 1.165) is 48.3 Å². The molecule has 2 atom stereocenters. The maximum absolute atomic E-state index is 13.0. The van der Waals surface area contributed by atoms with Gasteiger partial charge in [0.1, 0.15) is 13.2 Å². The van der Waals surface area contributed by atoms with Crippen LogP contribution in [0.5, 0.6) is 11.5 Å². The molecule has 2 aliphatic heterocycles. The van der Waals surface area contributed by atoms with Gasteiger partial charge in [0.05, 0.1) is 6.10 Å². The van der Waals surface area contributed by atoms with E-state index < -0.39 is 6.10 Å². The van der Waals surface area contributed by atoms with Crippen LogP contribution in [-0.2, 0) is 4.79 Å². The highest BCUT2D eigenvalue weighted by Gasteiger charge is 2.28. The Hall–Kier alpha value is -3.35. The minimum atomic E-state index is -0.780. The first-order valence-electron chi connectivity index (χ1n) is 12.4. The second kappa shape index (κ2) is 10.9. The summed E-state index contributed by atoms with van der Waals surface area (Å²) in [6.07, 6.45) is 1.77. The molecule has 2 aliphatic rings. The molecule has 6 nitrogen and oxygen atoms in total. The molecule has 0 radical (unpaired) electrons. The molecule has 3 aromatic rings. The lowest BCUT2D eigenvalue weighted by Gasteiger charge is -2.28. The van der Waals surface area contributed by atoms with Crippen molar-refractivity contribution >= 4 is 11.6 Å². The third kappa shape index (κ3) is 5.84. The minimum Gasteiger partial charge on any atom is -0.486 e. The van der Waals surface area contributed by atoms with E-state index >= 15 is 0 Å². The van der Waals surface area contributed by atoms with Gasteiger partial charge in [0.2, 0.25) is 5.91 Å². The van der Waals surface area contributed by atoms with E-state index in [4.69, 9.17) is 9.47 Å². The third-order valence-corrected chi connectivity index (χ3v) is 6.77. The number of nitrogens with one attached hydrogen (secondary N) is 1. The molecule has 0 bridgehead atoms. The van der Waals surface area contributed by atoms with Crippen molar-refractivity contribution in [3.8, 4) is 22.6 Å². The number of anilines is 1. The van der Waals surface area contributed by atoms with Crippen LogP contribution in [0.3, 0.4) is 0 Å². The molecule has 1 saturated heterocycles. The van der Waals surface area contributed by atoms with Gasteiger partial charge < -0.3 is 24.8 Å². The smallest absolute Gasteiger partial charge is 0.224 e. The van der Waals surface area contributed by atoms with Crippen LogP contribution < -0.4 is 14.8 Å². The molecule has 6 heteroatoms. The molecule has 5 rings (SSSR count). The number of carbonyl (C=O) groups is 1. The van der Waals surface area contributed by atoms with Gasteiger partial charge in [-0.15, -0.1) is 0 Å². The first-order valence-corrected chi connectivity index (χ1v) is 12.4. The molecule has 0 spiro atoms. The highest BCUT2D eigenvalue weighted by molar-refractivity contribution is 5.91. The summed E-state index contributed by atoms with van der Waals surface area (Å²) in [5.74, 6) is 1.01. The van der Waals surface area contributed by atoms with E-state index in [1.807, 2.05) is 60.7 Å². The van der Waals surface area contributed by atoms with Crippen molar-refractivity contribution in [3.63, 3.8) is 0 Å². The Bertz CT molecular complexity index is 1130. The van der Waals surface area contributed by atoms with Gasteiger partial charge in [-0.3, -0.25) is 4.79 Å². The average molecular weight is 473 g/mol. The predicted molar refractivity (Wildman–Crippen MR) is 137 cm³/mol. The summed E-state index contributed by atoms with van der Waals surface area (Å²) in [6.45, 7) is 3.71. The van der Waals surface area contributed by atoms with Gasteiger partial charge in [-0.25, -0.2) is 0 Å². The molecular weight excluding hydrogens is 440 g/mol. The number of fused-ring (bicyclic) bond motifs is 1. The van der Waals surface area contributed by atoms with Crippen molar-refractivity contribution in [1.82, 2.24) is 4.90 Å². The fraction of sp³-hybridized carbons (Fsp3) is 0.345. The van der Waals surface area contributed by atoms with E-state index in [9.17, 15) is 9.90 Å². The van der Waals surface area contributed by atoms with Crippen molar-refractivity contribution in [2.45, 2.75) is 25.4 Å². The number of benzene rings is 3. The summed E-state index contributed by atoms with van der Waals surface area (Å²) in [7, 11) is 0. The van der Waals surface area contributed by atoms with Gasteiger partial charge in [0.15, 0.2) is 11.5 Å². The standard InChI is InChI=1S/C29H32N2O4/c32-28(30-25-11-8-22(9-12-25)21-6-2-1-3-7-21)19-24(20-31-14-4-5-15-31)29(33)23-10-13-26-27(18-23)35-17-16-34-26/h1-3,6-13,18,24,29,33H,4-5,14-17,19-20H2,(H,30,32)/t24-,29-/m1/s1. The summed E-state index contributed by atoms with van der Waals surface area (Å²) in [4.78, 5) is 15.4. The molecular formula is C29H32N2O4. The maximum atomic E-state index is 13.0. The molecule has 0 aromatic heterocycles. The van der Waals surface area contributed by atoms with Crippen LogP contribution in [0.1, 0.15) is 30.9 Å². The zero-order valence-corrected chi connectivity index (χ0v) is 19.9. The van der Waals surface area contributed by atoms with Crippen LogP contribution >= 0.6 is 0 Å². The quantitative estimate of drug-likeness (QED) is 0.488. The van der Waals surface area contributed by atoms with Crippen molar-refractivity contribution in [3.05, 3.63) is 78.4 Å². The number of rotatable bonds is 8. The minimum absolute atomic E-state index is 0.0988. The Morgan fingerprint density at radius 1 is 0.886 bits per heavy atom. The number of likely N-dealkylation sites (tertiary alicyclic amines) is 1. The Labute approximate surface area is 206 Å². The summed E-state index contributed by atoms with van der Waals surface area (Å²) in [5, 5.41) is 14.3. The van der Waals surface area contributed by atoms with Crippen LogP contribution in [0.25, 0.3) is 11.1 Å². The predicted octanol–water partition coefficient (Wildman–Crippen LogP) is 4.90. The highest BCUT2D eigenvalue weighted by atomic mass is 16.6. The first kappa shape index (κ1) is 23.4. The normalized spacial score (nSPS) is 17.1. The molecule has 1 amide bonds. The van der Waals surface area contributed by atoms with Crippen molar-refractivity contribution in [2.75, 3.05) is 38.2 Å². The van der Waals surface area contributed by atoms with E-state index in [0.29, 0.717) is 31.3 Å². The Morgan fingerprint density at radius 2 is 1.57 bits per heavy atom. The van der Waals surface area contributed by atoms with Crippen molar-refractivity contribution in [1.29, 1.82) is 0 Å². The summed E-state index contributed by atoms with van der Waals surface area (Å²) in [6, 6.07) is 23.6. The third-order valence-electron chi connectivity index (χ3n) is 6.77. The number of aliphatic hydroxyl groups excluding tert-OH is 1. The number of hydrogen-bond acceptors (Lipinski definition) is 5. The molecule has 182 valence electrons. The molecule has 1 fully saturated rings. The number of nitrogens with zero attached hydrogens (tertiary/aromatic N) is 1. The summed E-state index contributed by atoms with van der Waals surface area (Å²) in [5.41, 5.74) is 3.74. The number of hydrogen-bond donors (Lipinski definition) is 2. The van der Waals surface area contributed by atoms with Gasteiger partial charge in [0, 0.05) is 24.6 Å².